The fourth-order valence-corrected chi connectivity index (χ4v) is 2.42. The van der Waals surface area contributed by atoms with Gasteiger partial charge in [0.15, 0.2) is 0 Å². The molecule has 6 heteroatoms. The summed E-state index contributed by atoms with van der Waals surface area (Å²) in [6.45, 7) is 0. The molecule has 0 spiro atoms. The van der Waals surface area contributed by atoms with Crippen molar-refractivity contribution >= 4 is 23.5 Å². The van der Waals surface area contributed by atoms with Gasteiger partial charge in [-0.3, -0.25) is 9.59 Å². The number of benzene rings is 1. The number of imide groups is 1. The van der Waals surface area contributed by atoms with Gasteiger partial charge in [-0.25, -0.2) is 9.69 Å². The van der Waals surface area contributed by atoms with Crippen molar-refractivity contribution in [3.05, 3.63) is 23.8 Å². The van der Waals surface area contributed by atoms with Gasteiger partial charge in [-0.2, -0.15) is 0 Å². The lowest BCUT2D eigenvalue weighted by molar-refractivity contribution is -0.123. The number of carbonyl (C=O) groups excluding carboxylic acids is 2. The van der Waals surface area contributed by atoms with Crippen LogP contribution in [0.15, 0.2) is 18.2 Å². The molecule has 2 fully saturated rings. The van der Waals surface area contributed by atoms with E-state index in [4.69, 9.17) is 9.84 Å². The largest absolute Gasteiger partial charge is 0.497 e. The summed E-state index contributed by atoms with van der Waals surface area (Å²) in [4.78, 5) is 36.2. The molecule has 1 aromatic carbocycles. The molecule has 1 N–H and O–H groups in total. The molecule has 2 unspecified atom stereocenters. The predicted octanol–water partition coefficient (Wildman–Crippen LogP) is 0.903. The molecule has 1 heterocycles. The molecule has 1 aliphatic heterocycles. The van der Waals surface area contributed by atoms with E-state index in [-0.39, 0.29) is 34.9 Å². The topological polar surface area (TPSA) is 83.9 Å². The van der Waals surface area contributed by atoms with Crippen molar-refractivity contribution in [2.24, 2.45) is 11.8 Å². The molecule has 0 bridgehead atoms. The van der Waals surface area contributed by atoms with Crippen LogP contribution in [0.2, 0.25) is 0 Å². The summed E-state index contributed by atoms with van der Waals surface area (Å²) in [6, 6.07) is 4.23. The Morgan fingerprint density at radius 1 is 1.32 bits per heavy atom. The minimum atomic E-state index is -1.18. The SMILES string of the molecule is COc1ccc(C(=O)O)c(N2C(=O)C3CC3C2=O)c1. The molecule has 19 heavy (non-hydrogen) atoms. The third-order valence-corrected chi connectivity index (χ3v) is 3.54. The molecule has 2 aliphatic rings. The van der Waals surface area contributed by atoms with Crippen molar-refractivity contribution in [3.63, 3.8) is 0 Å². The van der Waals surface area contributed by atoms with Crippen LogP contribution in [-0.2, 0) is 9.59 Å². The van der Waals surface area contributed by atoms with Crippen LogP contribution in [0.3, 0.4) is 0 Å². The maximum absolute atomic E-state index is 12.0. The van der Waals surface area contributed by atoms with E-state index in [1.54, 1.807) is 0 Å². The number of hydrogen-bond donors (Lipinski definition) is 1. The van der Waals surface area contributed by atoms with Gasteiger partial charge in [-0.05, 0) is 18.6 Å². The van der Waals surface area contributed by atoms with Crippen LogP contribution >= 0.6 is 0 Å². The molecule has 0 radical (unpaired) electrons. The number of rotatable bonds is 3. The maximum Gasteiger partial charge on any atom is 0.337 e. The van der Waals surface area contributed by atoms with Gasteiger partial charge < -0.3 is 9.84 Å². The van der Waals surface area contributed by atoms with Crippen LogP contribution in [-0.4, -0.2) is 30.0 Å². The lowest BCUT2D eigenvalue weighted by atomic mass is 10.1. The number of ether oxygens (including phenoxy) is 1. The predicted molar refractivity (Wildman–Crippen MR) is 64.0 cm³/mol. The number of methoxy groups -OCH3 is 1. The zero-order valence-electron chi connectivity index (χ0n) is 10.1. The highest BCUT2D eigenvalue weighted by Crippen LogP contribution is 2.49. The maximum atomic E-state index is 12.0. The second-order valence-corrected chi connectivity index (χ2v) is 4.65. The molecule has 6 nitrogen and oxygen atoms in total. The number of carboxylic acid groups (broad SMARTS) is 1. The minimum Gasteiger partial charge on any atom is -0.497 e. The van der Waals surface area contributed by atoms with Crippen LogP contribution in [0.5, 0.6) is 5.75 Å². The molecule has 2 atom stereocenters. The van der Waals surface area contributed by atoms with Crippen LogP contribution in [0.4, 0.5) is 5.69 Å². The van der Waals surface area contributed by atoms with Crippen molar-refractivity contribution in [1.82, 2.24) is 0 Å². The Morgan fingerprint density at radius 3 is 2.47 bits per heavy atom. The first-order chi connectivity index (χ1) is 9.04. The van der Waals surface area contributed by atoms with E-state index in [0.717, 1.165) is 4.90 Å². The molecule has 98 valence electrons. The molecule has 1 aliphatic carbocycles. The highest BCUT2D eigenvalue weighted by atomic mass is 16.5. The fourth-order valence-electron chi connectivity index (χ4n) is 2.42. The summed E-state index contributed by atoms with van der Waals surface area (Å²) in [7, 11) is 1.44. The van der Waals surface area contributed by atoms with Crippen LogP contribution < -0.4 is 9.64 Å². The lowest BCUT2D eigenvalue weighted by Crippen LogP contribution is -2.34. The molecule has 3 rings (SSSR count). The van der Waals surface area contributed by atoms with E-state index in [0.29, 0.717) is 12.2 Å². The summed E-state index contributed by atoms with van der Waals surface area (Å²) < 4.78 is 5.02. The van der Waals surface area contributed by atoms with Gasteiger partial charge >= 0.3 is 5.97 Å². The normalized spacial score (nSPS) is 24.4. The molecule has 1 saturated carbocycles. The Balaban J connectivity index is 2.10. The highest BCUT2D eigenvalue weighted by Gasteiger charge is 2.59. The summed E-state index contributed by atoms with van der Waals surface area (Å²) in [5.74, 6) is -1.93. The Morgan fingerprint density at radius 2 is 1.95 bits per heavy atom. The second-order valence-electron chi connectivity index (χ2n) is 4.65. The van der Waals surface area contributed by atoms with E-state index in [9.17, 15) is 14.4 Å². The average molecular weight is 261 g/mol. The Bertz CT molecular complexity index is 589. The number of anilines is 1. The Kier molecular flexibility index (Phi) is 2.35. The summed E-state index contributed by atoms with van der Waals surface area (Å²) in [6.07, 6.45) is 0.584. The monoisotopic (exact) mass is 261 g/mol. The van der Waals surface area contributed by atoms with Gasteiger partial charge in [0.2, 0.25) is 11.8 Å². The number of hydrogen-bond acceptors (Lipinski definition) is 4. The Hall–Kier alpha value is -2.37. The first kappa shape index (κ1) is 11.7. The molecule has 2 amide bonds. The highest BCUT2D eigenvalue weighted by molar-refractivity contribution is 6.26. The lowest BCUT2D eigenvalue weighted by Gasteiger charge is -2.19. The number of piperidine rings is 1. The van der Waals surface area contributed by atoms with Crippen LogP contribution in [0.1, 0.15) is 16.8 Å². The smallest absolute Gasteiger partial charge is 0.337 e. The van der Waals surface area contributed by atoms with Gasteiger partial charge in [0.05, 0.1) is 30.2 Å². The Labute approximate surface area is 108 Å². The van der Waals surface area contributed by atoms with Crippen molar-refractivity contribution in [1.29, 1.82) is 0 Å². The molecule has 0 aromatic heterocycles. The van der Waals surface area contributed by atoms with Crippen LogP contribution in [0, 0.1) is 11.8 Å². The van der Waals surface area contributed by atoms with Gasteiger partial charge in [0.25, 0.3) is 0 Å². The number of nitrogens with zero attached hydrogens (tertiary/aromatic N) is 1. The first-order valence-electron chi connectivity index (χ1n) is 5.83. The van der Waals surface area contributed by atoms with E-state index in [1.165, 1.54) is 25.3 Å². The van der Waals surface area contributed by atoms with Crippen molar-refractivity contribution < 1.29 is 24.2 Å². The third-order valence-electron chi connectivity index (χ3n) is 3.54. The van der Waals surface area contributed by atoms with E-state index in [2.05, 4.69) is 0 Å². The summed E-state index contributed by atoms with van der Waals surface area (Å²) in [5.41, 5.74) is 0.0119. The van der Waals surface area contributed by atoms with E-state index >= 15 is 0 Å². The number of carboxylic acids is 1. The van der Waals surface area contributed by atoms with Gasteiger partial charge in [0, 0.05) is 6.07 Å². The van der Waals surface area contributed by atoms with Gasteiger partial charge in [-0.15, -0.1) is 0 Å². The zero-order valence-corrected chi connectivity index (χ0v) is 10.1. The fraction of sp³-hybridized carbons (Fsp3) is 0.308. The number of amides is 2. The second kappa shape index (κ2) is 3.81. The zero-order chi connectivity index (χ0) is 13.7. The molecular formula is C13H11NO5. The molecule has 1 aromatic rings. The van der Waals surface area contributed by atoms with Crippen molar-refractivity contribution in [3.8, 4) is 5.75 Å². The van der Waals surface area contributed by atoms with Crippen molar-refractivity contribution in [2.45, 2.75) is 6.42 Å². The average Bonchev–Trinajstić information content (AvgIpc) is 3.14. The summed E-state index contributed by atoms with van der Waals surface area (Å²) >= 11 is 0. The van der Waals surface area contributed by atoms with Crippen LogP contribution in [0.25, 0.3) is 0 Å². The first-order valence-corrected chi connectivity index (χ1v) is 5.83. The number of aromatic carboxylic acids is 1. The standard InChI is InChI=1S/C13H11NO5/c1-19-6-2-3-7(13(17)18)10(4-6)14-11(15)8-5-9(8)12(14)16/h2-4,8-9H,5H2,1H3,(H,17,18). The molecule has 1 saturated heterocycles. The quantitative estimate of drug-likeness (QED) is 0.817. The third kappa shape index (κ3) is 1.60. The summed E-state index contributed by atoms with van der Waals surface area (Å²) in [5, 5.41) is 9.15. The number of fused-ring (bicyclic) bond motifs is 1. The van der Waals surface area contributed by atoms with Gasteiger partial charge in [0.1, 0.15) is 5.75 Å². The van der Waals surface area contributed by atoms with E-state index < -0.39 is 5.97 Å². The minimum absolute atomic E-state index is 0.0798. The van der Waals surface area contributed by atoms with Crippen molar-refractivity contribution in [2.75, 3.05) is 12.0 Å². The van der Waals surface area contributed by atoms with E-state index in [1.807, 2.05) is 0 Å². The molecular weight excluding hydrogens is 250 g/mol. The van der Waals surface area contributed by atoms with Gasteiger partial charge in [-0.1, -0.05) is 0 Å². The number of carbonyl (C=O) groups is 3.